The van der Waals surface area contributed by atoms with E-state index in [4.69, 9.17) is 4.74 Å². The van der Waals surface area contributed by atoms with Crippen molar-refractivity contribution in [2.45, 2.75) is 25.5 Å². The van der Waals surface area contributed by atoms with Crippen LogP contribution in [0.25, 0.3) is 10.9 Å². The molecule has 4 rings (SSSR count). The van der Waals surface area contributed by atoms with Gasteiger partial charge in [-0.3, -0.25) is 9.36 Å². The molecule has 1 aliphatic heterocycles. The number of rotatable bonds is 5. The molecule has 7 heteroatoms. The first kappa shape index (κ1) is 18.8. The number of fused-ring (bicyclic) bond motifs is 1. The number of benzene rings is 2. The van der Waals surface area contributed by atoms with Crippen LogP contribution in [0.4, 0.5) is 0 Å². The van der Waals surface area contributed by atoms with Crippen LogP contribution in [0.1, 0.15) is 18.4 Å². The molecule has 0 amide bonds. The van der Waals surface area contributed by atoms with E-state index < -0.39 is 11.0 Å². The lowest BCUT2D eigenvalue weighted by Crippen LogP contribution is -2.38. The summed E-state index contributed by atoms with van der Waals surface area (Å²) in [5, 5.41) is 0.558. The number of hydrogen-bond donors (Lipinski definition) is 0. The Morgan fingerprint density at radius 3 is 2.61 bits per heavy atom. The Bertz CT molecular complexity index is 1040. The minimum atomic E-state index is -0.929. The van der Waals surface area contributed by atoms with Gasteiger partial charge in [-0.15, -0.1) is 0 Å². The number of piperidine rings is 1. The molecule has 1 saturated heterocycles. The van der Waals surface area contributed by atoms with Crippen LogP contribution in [0.2, 0.25) is 0 Å². The predicted octanol–water partition coefficient (Wildman–Crippen LogP) is 2.58. The number of ether oxygens (including phenoxy) is 1. The molecular weight excluding hydrogens is 374 g/mol. The third-order valence-corrected chi connectivity index (χ3v) is 6.15. The van der Waals surface area contributed by atoms with Crippen LogP contribution in [0.15, 0.2) is 59.7 Å². The summed E-state index contributed by atoms with van der Waals surface area (Å²) in [4.78, 5) is 17.3. The minimum Gasteiger partial charge on any atom is -0.490 e. The maximum atomic E-state index is 12.9. The lowest BCUT2D eigenvalue weighted by atomic mass is 10.1. The molecule has 1 aliphatic rings. The Balaban J connectivity index is 1.54. The van der Waals surface area contributed by atoms with Crippen molar-refractivity contribution in [3.8, 4) is 5.75 Å². The molecule has 1 aromatic heterocycles. The molecule has 0 N–H and O–H groups in total. The van der Waals surface area contributed by atoms with Gasteiger partial charge in [-0.1, -0.05) is 30.3 Å². The molecule has 3 aromatic rings. The van der Waals surface area contributed by atoms with Crippen molar-refractivity contribution in [3.63, 3.8) is 0 Å². The molecule has 1 atom stereocenters. The van der Waals surface area contributed by atoms with Gasteiger partial charge in [0.2, 0.25) is 0 Å². The Morgan fingerprint density at radius 1 is 1.14 bits per heavy atom. The van der Waals surface area contributed by atoms with Crippen LogP contribution in [0, 0.1) is 0 Å². The summed E-state index contributed by atoms with van der Waals surface area (Å²) in [6.45, 7) is 2.00. The normalized spacial score (nSPS) is 16.9. The summed E-state index contributed by atoms with van der Waals surface area (Å²) in [7, 11) is -0.929. The number of hydrogen-bond acceptors (Lipinski definition) is 4. The quantitative estimate of drug-likeness (QED) is 0.664. The standard InChI is InChI=1S/C21H23N3O3S/c1-28(26)24-11-9-17(10-12-24)27-18-7-8-20-19(13-18)21(25)23(15-22-20)14-16-5-3-2-4-6-16/h2-8,13,15,17H,9-12,14H2,1H3. The van der Waals surface area contributed by atoms with Gasteiger partial charge >= 0.3 is 0 Å². The summed E-state index contributed by atoms with van der Waals surface area (Å²) in [5.41, 5.74) is 1.64. The van der Waals surface area contributed by atoms with Gasteiger partial charge in [-0.05, 0) is 36.6 Å². The van der Waals surface area contributed by atoms with E-state index in [1.165, 1.54) is 0 Å². The Kier molecular flexibility index (Phi) is 5.54. The highest BCUT2D eigenvalue weighted by Crippen LogP contribution is 2.22. The molecule has 1 unspecified atom stereocenters. The van der Waals surface area contributed by atoms with E-state index in [0.29, 0.717) is 23.2 Å². The monoisotopic (exact) mass is 397 g/mol. The molecule has 0 saturated carbocycles. The van der Waals surface area contributed by atoms with Crippen LogP contribution in [0.5, 0.6) is 5.75 Å². The van der Waals surface area contributed by atoms with Gasteiger partial charge in [-0.2, -0.15) is 0 Å². The first-order chi connectivity index (χ1) is 13.6. The molecule has 28 heavy (non-hydrogen) atoms. The molecule has 1 fully saturated rings. The van der Waals surface area contributed by atoms with Gasteiger partial charge in [-0.25, -0.2) is 13.5 Å². The van der Waals surface area contributed by atoms with Gasteiger partial charge in [0.25, 0.3) is 5.56 Å². The molecule has 146 valence electrons. The second kappa shape index (κ2) is 8.24. The van der Waals surface area contributed by atoms with E-state index in [9.17, 15) is 9.00 Å². The van der Waals surface area contributed by atoms with Crippen molar-refractivity contribution < 1.29 is 8.95 Å². The zero-order chi connectivity index (χ0) is 19.5. The maximum Gasteiger partial charge on any atom is 0.261 e. The topological polar surface area (TPSA) is 64.4 Å². The maximum absolute atomic E-state index is 12.9. The minimum absolute atomic E-state index is 0.0699. The zero-order valence-corrected chi connectivity index (χ0v) is 16.6. The van der Waals surface area contributed by atoms with Gasteiger partial charge in [0, 0.05) is 19.3 Å². The predicted molar refractivity (Wildman–Crippen MR) is 111 cm³/mol. The largest absolute Gasteiger partial charge is 0.490 e. The molecule has 0 bridgehead atoms. The Morgan fingerprint density at radius 2 is 1.89 bits per heavy atom. The summed E-state index contributed by atoms with van der Waals surface area (Å²) in [6, 6.07) is 15.3. The van der Waals surface area contributed by atoms with Gasteiger partial charge in [0.05, 0.1) is 34.8 Å². The molecule has 2 aromatic carbocycles. The van der Waals surface area contributed by atoms with Crippen molar-refractivity contribution >= 4 is 21.9 Å². The number of nitrogens with zero attached hydrogens (tertiary/aromatic N) is 3. The summed E-state index contributed by atoms with van der Waals surface area (Å²) in [6.07, 6.45) is 5.02. The highest BCUT2D eigenvalue weighted by Gasteiger charge is 2.22. The van der Waals surface area contributed by atoms with E-state index in [2.05, 4.69) is 4.98 Å². The molecular formula is C21H23N3O3S. The van der Waals surface area contributed by atoms with Crippen molar-refractivity contribution in [1.82, 2.24) is 13.9 Å². The van der Waals surface area contributed by atoms with E-state index in [1.54, 1.807) is 23.2 Å². The van der Waals surface area contributed by atoms with Crippen LogP contribution in [-0.2, 0) is 17.5 Å². The van der Waals surface area contributed by atoms with Crippen LogP contribution in [-0.4, -0.2) is 43.5 Å². The highest BCUT2D eigenvalue weighted by atomic mass is 32.2. The molecule has 6 nitrogen and oxygen atoms in total. The molecule has 0 radical (unpaired) electrons. The third kappa shape index (κ3) is 4.15. The third-order valence-electron chi connectivity index (χ3n) is 5.06. The fraction of sp³-hybridized carbons (Fsp3) is 0.333. The highest BCUT2D eigenvalue weighted by molar-refractivity contribution is 7.81. The van der Waals surface area contributed by atoms with Gasteiger partial charge < -0.3 is 4.74 Å². The van der Waals surface area contributed by atoms with Crippen LogP contribution < -0.4 is 10.3 Å². The average molecular weight is 398 g/mol. The molecule has 0 spiro atoms. The Hall–Kier alpha value is -2.51. The molecule has 0 aliphatic carbocycles. The molecule has 2 heterocycles. The zero-order valence-electron chi connectivity index (χ0n) is 15.8. The van der Waals surface area contributed by atoms with Gasteiger partial charge in [0.1, 0.15) is 11.9 Å². The van der Waals surface area contributed by atoms with Crippen molar-refractivity contribution in [3.05, 3.63) is 70.8 Å². The fourth-order valence-corrected chi connectivity index (χ4v) is 4.23. The average Bonchev–Trinajstić information content (AvgIpc) is 2.72. The van der Waals surface area contributed by atoms with Crippen molar-refractivity contribution in [1.29, 1.82) is 0 Å². The van der Waals surface area contributed by atoms with Crippen molar-refractivity contribution in [2.75, 3.05) is 19.3 Å². The SMILES string of the molecule is CS(=O)N1CCC(Oc2ccc3ncn(Cc4ccccc4)c(=O)c3c2)CC1. The number of aromatic nitrogens is 2. The van der Waals surface area contributed by atoms with Crippen LogP contribution >= 0.6 is 0 Å². The summed E-state index contributed by atoms with van der Waals surface area (Å²) < 4.78 is 21.2. The van der Waals surface area contributed by atoms with Crippen molar-refractivity contribution in [2.24, 2.45) is 0 Å². The van der Waals surface area contributed by atoms with E-state index in [-0.39, 0.29) is 11.7 Å². The van der Waals surface area contributed by atoms with Gasteiger partial charge in [0.15, 0.2) is 0 Å². The second-order valence-corrected chi connectivity index (χ2v) is 8.38. The fourth-order valence-electron chi connectivity index (χ4n) is 3.50. The smallest absolute Gasteiger partial charge is 0.261 e. The summed E-state index contributed by atoms with van der Waals surface area (Å²) in [5.74, 6) is 0.680. The summed E-state index contributed by atoms with van der Waals surface area (Å²) >= 11 is 0. The second-order valence-electron chi connectivity index (χ2n) is 7.01. The Labute approximate surface area is 166 Å². The first-order valence-corrected chi connectivity index (χ1v) is 10.9. The van der Waals surface area contributed by atoms with E-state index in [0.717, 1.165) is 31.5 Å². The lowest BCUT2D eigenvalue weighted by molar-refractivity contribution is 0.137. The first-order valence-electron chi connectivity index (χ1n) is 9.38. The van der Waals surface area contributed by atoms with Crippen LogP contribution in [0.3, 0.4) is 0 Å². The van der Waals surface area contributed by atoms with E-state index >= 15 is 0 Å². The lowest BCUT2D eigenvalue weighted by Gasteiger charge is -2.30. The van der Waals surface area contributed by atoms with E-state index in [1.807, 2.05) is 46.8 Å².